The molecule has 1 aromatic rings. The minimum Gasteiger partial charge on any atom is -0.476 e. The minimum atomic E-state index is -1.05. The van der Waals surface area contributed by atoms with Gasteiger partial charge in [0.25, 0.3) is 0 Å². The van der Waals surface area contributed by atoms with Crippen LogP contribution in [-0.2, 0) is 11.3 Å². The number of carboxylic acids is 1. The Hall–Kier alpha value is -1.43. The highest BCUT2D eigenvalue weighted by atomic mass is 16.5. The van der Waals surface area contributed by atoms with Crippen molar-refractivity contribution in [2.24, 2.45) is 5.92 Å². The molecule has 1 unspecified atom stereocenters. The van der Waals surface area contributed by atoms with Crippen molar-refractivity contribution >= 4 is 5.97 Å². The molecule has 0 aliphatic heterocycles. The highest BCUT2D eigenvalue weighted by molar-refractivity contribution is 5.86. The van der Waals surface area contributed by atoms with Crippen molar-refractivity contribution in [1.29, 1.82) is 0 Å². The van der Waals surface area contributed by atoms with Crippen LogP contribution in [0.2, 0.25) is 0 Å². The quantitative estimate of drug-likeness (QED) is 0.811. The molecule has 2 rings (SSSR count). The zero-order chi connectivity index (χ0) is 11.7. The molecule has 6 nitrogen and oxygen atoms in total. The maximum atomic E-state index is 11.0. The average molecular weight is 225 g/mol. The standard InChI is InChI=1S/C10H15N3O3/c1-6(16-2)9-8(10(14)15)11-12-13(9)5-7-3-4-7/h6-7H,3-5H2,1-2H3,(H,14,15). The van der Waals surface area contributed by atoms with E-state index in [-0.39, 0.29) is 11.8 Å². The van der Waals surface area contributed by atoms with Crippen molar-refractivity contribution in [2.45, 2.75) is 32.4 Å². The third kappa shape index (κ3) is 2.06. The third-order valence-electron chi connectivity index (χ3n) is 2.84. The lowest BCUT2D eigenvalue weighted by Gasteiger charge is -2.12. The molecule has 0 amide bonds. The Kier molecular flexibility index (Phi) is 2.91. The van der Waals surface area contributed by atoms with Gasteiger partial charge in [-0.25, -0.2) is 9.48 Å². The fourth-order valence-electron chi connectivity index (χ4n) is 1.67. The number of carbonyl (C=O) groups is 1. The predicted molar refractivity (Wildman–Crippen MR) is 55.1 cm³/mol. The highest BCUT2D eigenvalue weighted by Crippen LogP contribution is 2.32. The molecule has 6 heteroatoms. The lowest BCUT2D eigenvalue weighted by Crippen LogP contribution is -2.13. The molecule has 1 saturated carbocycles. The molecule has 1 N–H and O–H groups in total. The Bertz CT molecular complexity index is 398. The van der Waals surface area contributed by atoms with Crippen molar-refractivity contribution < 1.29 is 14.6 Å². The smallest absolute Gasteiger partial charge is 0.358 e. The molecule has 0 radical (unpaired) electrons. The molecule has 1 aliphatic rings. The molecule has 1 heterocycles. The van der Waals surface area contributed by atoms with Crippen LogP contribution in [0.4, 0.5) is 0 Å². The summed E-state index contributed by atoms with van der Waals surface area (Å²) in [5, 5.41) is 16.6. The van der Waals surface area contributed by atoms with E-state index in [1.54, 1.807) is 18.7 Å². The van der Waals surface area contributed by atoms with Crippen molar-refractivity contribution in [1.82, 2.24) is 15.0 Å². The summed E-state index contributed by atoms with van der Waals surface area (Å²) in [6.45, 7) is 2.54. The average Bonchev–Trinajstić information content (AvgIpc) is 2.95. The second-order valence-electron chi connectivity index (χ2n) is 4.13. The van der Waals surface area contributed by atoms with E-state index in [9.17, 15) is 4.79 Å². The van der Waals surface area contributed by atoms with Crippen LogP contribution >= 0.6 is 0 Å². The number of nitrogens with zero attached hydrogens (tertiary/aromatic N) is 3. The van der Waals surface area contributed by atoms with Crippen LogP contribution in [0.5, 0.6) is 0 Å². The van der Waals surface area contributed by atoms with Gasteiger partial charge in [0.1, 0.15) is 5.69 Å². The topological polar surface area (TPSA) is 77.2 Å². The lowest BCUT2D eigenvalue weighted by atomic mass is 10.2. The molecule has 1 atom stereocenters. The Labute approximate surface area is 93.2 Å². The first-order valence-corrected chi connectivity index (χ1v) is 5.33. The molecule has 16 heavy (non-hydrogen) atoms. The lowest BCUT2D eigenvalue weighted by molar-refractivity contribution is 0.0673. The van der Waals surface area contributed by atoms with Crippen molar-refractivity contribution in [2.75, 3.05) is 7.11 Å². The Morgan fingerprint density at radius 2 is 2.38 bits per heavy atom. The van der Waals surface area contributed by atoms with Crippen LogP contribution in [0.1, 0.15) is 42.1 Å². The number of carboxylic acid groups (broad SMARTS) is 1. The summed E-state index contributed by atoms with van der Waals surface area (Å²) in [7, 11) is 1.55. The van der Waals surface area contributed by atoms with E-state index in [0.29, 0.717) is 11.6 Å². The van der Waals surface area contributed by atoms with Gasteiger partial charge in [-0.1, -0.05) is 5.21 Å². The SMILES string of the molecule is COC(C)c1c(C(=O)O)nnn1CC1CC1. The van der Waals surface area contributed by atoms with Crippen molar-refractivity contribution in [3.63, 3.8) is 0 Å². The van der Waals surface area contributed by atoms with E-state index in [1.165, 1.54) is 12.8 Å². The predicted octanol–water partition coefficient (Wildman–Crippen LogP) is 1.09. The van der Waals surface area contributed by atoms with Crippen molar-refractivity contribution in [3.8, 4) is 0 Å². The molecule has 1 aliphatic carbocycles. The van der Waals surface area contributed by atoms with Gasteiger partial charge in [-0.2, -0.15) is 0 Å². The van der Waals surface area contributed by atoms with Gasteiger partial charge in [0.05, 0.1) is 6.10 Å². The van der Waals surface area contributed by atoms with Gasteiger partial charge in [0, 0.05) is 13.7 Å². The summed E-state index contributed by atoms with van der Waals surface area (Å²) in [6.07, 6.45) is 2.06. The summed E-state index contributed by atoms with van der Waals surface area (Å²) >= 11 is 0. The third-order valence-corrected chi connectivity index (χ3v) is 2.84. The van der Waals surface area contributed by atoms with Gasteiger partial charge in [-0.3, -0.25) is 0 Å². The van der Waals surface area contributed by atoms with Crippen LogP contribution in [-0.4, -0.2) is 33.2 Å². The minimum absolute atomic E-state index is 0.00463. The van der Waals surface area contributed by atoms with Crippen LogP contribution < -0.4 is 0 Å². The second kappa shape index (κ2) is 4.21. The molecule has 0 aromatic carbocycles. The summed E-state index contributed by atoms with van der Waals surface area (Å²) in [5.41, 5.74) is 0.553. The van der Waals surface area contributed by atoms with Gasteiger partial charge in [0.15, 0.2) is 5.69 Å². The van der Waals surface area contributed by atoms with Gasteiger partial charge in [0.2, 0.25) is 0 Å². The molecule has 1 fully saturated rings. The molecular formula is C10H15N3O3. The number of rotatable bonds is 5. The maximum absolute atomic E-state index is 11.0. The summed E-state index contributed by atoms with van der Waals surface area (Å²) in [4.78, 5) is 11.0. The number of aromatic nitrogens is 3. The number of methoxy groups -OCH3 is 1. The fraction of sp³-hybridized carbons (Fsp3) is 0.700. The second-order valence-corrected chi connectivity index (χ2v) is 4.13. The van der Waals surface area contributed by atoms with Crippen LogP contribution in [0.15, 0.2) is 0 Å². The zero-order valence-electron chi connectivity index (χ0n) is 9.38. The Morgan fingerprint density at radius 3 is 2.88 bits per heavy atom. The van der Waals surface area contributed by atoms with Crippen molar-refractivity contribution in [3.05, 3.63) is 11.4 Å². The highest BCUT2D eigenvalue weighted by Gasteiger charge is 2.28. The fourth-order valence-corrected chi connectivity index (χ4v) is 1.67. The van der Waals surface area contributed by atoms with Gasteiger partial charge < -0.3 is 9.84 Å². The van der Waals surface area contributed by atoms with Crippen LogP contribution in [0, 0.1) is 5.92 Å². The van der Waals surface area contributed by atoms with E-state index in [4.69, 9.17) is 9.84 Å². The Morgan fingerprint density at radius 1 is 1.69 bits per heavy atom. The largest absolute Gasteiger partial charge is 0.476 e. The summed E-state index contributed by atoms with van der Waals surface area (Å²) in [5.74, 6) is -0.438. The van der Waals surface area contributed by atoms with Crippen LogP contribution in [0.25, 0.3) is 0 Å². The van der Waals surface area contributed by atoms with E-state index in [0.717, 1.165) is 6.54 Å². The van der Waals surface area contributed by atoms with E-state index in [2.05, 4.69) is 10.3 Å². The van der Waals surface area contributed by atoms with Crippen LogP contribution in [0.3, 0.4) is 0 Å². The first-order chi connectivity index (χ1) is 7.63. The Balaban J connectivity index is 2.31. The number of ether oxygens (including phenoxy) is 1. The molecule has 0 saturated heterocycles. The molecule has 88 valence electrons. The maximum Gasteiger partial charge on any atom is 0.358 e. The molecule has 0 bridgehead atoms. The molecule has 1 aromatic heterocycles. The zero-order valence-corrected chi connectivity index (χ0v) is 9.38. The summed E-state index contributed by atoms with van der Waals surface area (Å²) < 4.78 is 6.83. The monoisotopic (exact) mass is 225 g/mol. The first kappa shape index (κ1) is 11.1. The van der Waals surface area contributed by atoms with E-state index in [1.807, 2.05) is 0 Å². The first-order valence-electron chi connectivity index (χ1n) is 5.33. The van der Waals surface area contributed by atoms with Gasteiger partial charge in [-0.15, -0.1) is 5.10 Å². The molecule has 0 spiro atoms. The van der Waals surface area contributed by atoms with Gasteiger partial charge in [-0.05, 0) is 25.7 Å². The van der Waals surface area contributed by atoms with E-state index < -0.39 is 5.97 Å². The number of hydrogen-bond donors (Lipinski definition) is 1. The van der Waals surface area contributed by atoms with E-state index >= 15 is 0 Å². The van der Waals surface area contributed by atoms with Gasteiger partial charge >= 0.3 is 5.97 Å². The molecular weight excluding hydrogens is 210 g/mol. The normalized spacial score (nSPS) is 17.4. The summed E-state index contributed by atoms with van der Waals surface area (Å²) in [6, 6.07) is 0. The number of hydrogen-bond acceptors (Lipinski definition) is 4. The number of aromatic carboxylic acids is 1.